The molecule has 1 heterocycles. The molecule has 0 saturated carbocycles. The Labute approximate surface area is 92.5 Å². The maximum absolute atomic E-state index is 11.4. The average Bonchev–Trinajstić information content (AvgIpc) is 2.19. The van der Waals surface area contributed by atoms with E-state index in [4.69, 9.17) is 9.47 Å². The number of ether oxygens (including phenoxy) is 2. The zero-order valence-corrected chi connectivity index (χ0v) is 10.0. The molecule has 4 nitrogen and oxygen atoms in total. The van der Waals surface area contributed by atoms with Crippen molar-refractivity contribution < 1.29 is 14.3 Å². The summed E-state index contributed by atoms with van der Waals surface area (Å²) in [7, 11) is 1.62. The fourth-order valence-electron chi connectivity index (χ4n) is 1.51. The molecule has 3 atom stereocenters. The van der Waals surface area contributed by atoms with E-state index in [1.165, 1.54) is 0 Å². The minimum Gasteiger partial charge on any atom is -0.465 e. The number of carbonyl (C=O) groups excluding carboxylic acids is 1. The van der Waals surface area contributed by atoms with E-state index in [1.807, 2.05) is 6.92 Å². The van der Waals surface area contributed by atoms with Gasteiger partial charge in [0, 0.05) is 7.11 Å². The Bertz CT molecular complexity index is 200. The van der Waals surface area contributed by atoms with Gasteiger partial charge in [0.15, 0.2) is 0 Å². The largest absolute Gasteiger partial charge is 0.465 e. The van der Waals surface area contributed by atoms with E-state index >= 15 is 0 Å². The summed E-state index contributed by atoms with van der Waals surface area (Å²) >= 11 is 3.49. The lowest BCUT2D eigenvalue weighted by molar-refractivity contribution is -0.148. The summed E-state index contributed by atoms with van der Waals surface area (Å²) in [4.78, 5) is 11.7. The average molecular weight is 266 g/mol. The normalized spacial score (nSPS) is 32.6. The predicted octanol–water partition coefficient (Wildman–Crippen LogP) is 1.04. The molecule has 5 heteroatoms. The van der Waals surface area contributed by atoms with Crippen LogP contribution in [-0.2, 0) is 14.3 Å². The zero-order valence-electron chi connectivity index (χ0n) is 8.46. The van der Waals surface area contributed by atoms with Gasteiger partial charge in [-0.3, -0.25) is 10.1 Å². The van der Waals surface area contributed by atoms with E-state index in [9.17, 15) is 4.79 Å². The van der Waals surface area contributed by atoms with Gasteiger partial charge in [0.1, 0.15) is 12.3 Å². The Morgan fingerprint density at radius 3 is 2.86 bits per heavy atom. The molecule has 0 aromatic heterocycles. The van der Waals surface area contributed by atoms with Gasteiger partial charge in [-0.1, -0.05) is 15.9 Å². The van der Waals surface area contributed by atoms with Crippen LogP contribution in [0.5, 0.6) is 0 Å². The van der Waals surface area contributed by atoms with Crippen LogP contribution < -0.4 is 5.32 Å². The molecule has 0 radical (unpaired) electrons. The highest BCUT2D eigenvalue weighted by Crippen LogP contribution is 2.21. The summed E-state index contributed by atoms with van der Waals surface area (Å²) in [6.07, 6.45) is 1.59. The van der Waals surface area contributed by atoms with Gasteiger partial charge in [-0.05, 0) is 19.8 Å². The number of methoxy groups -OCH3 is 1. The molecule has 1 aliphatic rings. The number of piperidine rings is 1. The molecule has 1 fully saturated rings. The fourth-order valence-corrected chi connectivity index (χ4v) is 2.14. The predicted molar refractivity (Wildman–Crippen MR) is 56.3 cm³/mol. The smallest absolute Gasteiger partial charge is 0.323 e. The van der Waals surface area contributed by atoms with Crippen LogP contribution in [0.2, 0.25) is 0 Å². The number of esters is 1. The number of halogens is 1. The van der Waals surface area contributed by atoms with Crippen molar-refractivity contribution in [2.24, 2.45) is 0 Å². The van der Waals surface area contributed by atoms with Gasteiger partial charge in [0.2, 0.25) is 0 Å². The van der Waals surface area contributed by atoms with Gasteiger partial charge >= 0.3 is 5.97 Å². The first kappa shape index (κ1) is 11.9. The number of hydrogen-bond donors (Lipinski definition) is 1. The van der Waals surface area contributed by atoms with Crippen molar-refractivity contribution in [3.05, 3.63) is 0 Å². The third-order valence-electron chi connectivity index (χ3n) is 2.25. The van der Waals surface area contributed by atoms with Gasteiger partial charge in [0.05, 0.1) is 11.4 Å². The van der Waals surface area contributed by atoms with Crippen LogP contribution in [0.1, 0.15) is 19.8 Å². The molecule has 0 bridgehead atoms. The van der Waals surface area contributed by atoms with Gasteiger partial charge < -0.3 is 9.47 Å². The van der Waals surface area contributed by atoms with Crippen LogP contribution in [0.4, 0.5) is 0 Å². The lowest BCUT2D eigenvalue weighted by atomic mass is 10.0. The van der Waals surface area contributed by atoms with Gasteiger partial charge in [-0.25, -0.2) is 0 Å². The molecule has 0 aliphatic carbocycles. The van der Waals surface area contributed by atoms with Crippen molar-refractivity contribution in [1.29, 1.82) is 0 Å². The molecule has 0 aromatic rings. The minimum absolute atomic E-state index is 0.113. The number of nitrogens with one attached hydrogen (secondary N) is 1. The number of carbonyl (C=O) groups is 1. The summed E-state index contributed by atoms with van der Waals surface area (Å²) in [6.45, 7) is 2.23. The quantitative estimate of drug-likeness (QED) is 0.612. The van der Waals surface area contributed by atoms with Crippen LogP contribution in [0, 0.1) is 0 Å². The highest BCUT2D eigenvalue weighted by Gasteiger charge is 2.32. The highest BCUT2D eigenvalue weighted by atomic mass is 79.9. The Balaban J connectivity index is 2.45. The van der Waals surface area contributed by atoms with E-state index < -0.39 is 0 Å². The van der Waals surface area contributed by atoms with Gasteiger partial charge in [0.25, 0.3) is 0 Å². The van der Waals surface area contributed by atoms with Crippen molar-refractivity contribution in [2.75, 3.05) is 13.7 Å². The summed E-state index contributed by atoms with van der Waals surface area (Å²) in [5, 5.41) is 3.09. The summed E-state index contributed by atoms with van der Waals surface area (Å²) in [6, 6.07) is -0.228. The maximum Gasteiger partial charge on any atom is 0.323 e. The fraction of sp³-hybridized carbons (Fsp3) is 0.889. The van der Waals surface area contributed by atoms with Crippen LogP contribution in [0.25, 0.3) is 0 Å². The second kappa shape index (κ2) is 5.68. The van der Waals surface area contributed by atoms with Crippen LogP contribution >= 0.6 is 15.9 Å². The molecule has 1 saturated heterocycles. The molecule has 0 aromatic carbocycles. The monoisotopic (exact) mass is 265 g/mol. The summed E-state index contributed by atoms with van der Waals surface area (Å²) < 4.78 is 10.1. The van der Waals surface area contributed by atoms with Gasteiger partial charge in [-0.15, -0.1) is 0 Å². The highest BCUT2D eigenvalue weighted by molar-refractivity contribution is 9.09. The molecular formula is C9H16BrNO3. The maximum atomic E-state index is 11.4. The second-order valence-electron chi connectivity index (χ2n) is 3.22. The molecule has 3 unspecified atom stereocenters. The van der Waals surface area contributed by atoms with Crippen LogP contribution in [0.3, 0.4) is 0 Å². The molecule has 1 rings (SSSR count). The number of hydrogen-bond acceptors (Lipinski definition) is 4. The molecular weight excluding hydrogens is 250 g/mol. The van der Waals surface area contributed by atoms with Crippen molar-refractivity contribution in [3.63, 3.8) is 0 Å². The minimum atomic E-state index is -0.228. The standard InChI is InChI=1S/C9H16BrNO3/c1-3-14-9(12)7-5-4-6(10)8(11-7)13-2/h6-8,11H,3-5H2,1-2H3. The van der Waals surface area contributed by atoms with E-state index in [2.05, 4.69) is 21.2 Å². The van der Waals surface area contributed by atoms with E-state index in [0.717, 1.165) is 12.8 Å². The lowest BCUT2D eigenvalue weighted by Crippen LogP contribution is -2.52. The number of rotatable bonds is 3. The SMILES string of the molecule is CCOC(=O)C1CCC(Br)C(OC)N1. The Hall–Kier alpha value is -0.130. The first-order chi connectivity index (χ1) is 6.69. The molecule has 14 heavy (non-hydrogen) atoms. The van der Waals surface area contributed by atoms with Crippen molar-refractivity contribution >= 4 is 21.9 Å². The molecule has 0 spiro atoms. The van der Waals surface area contributed by atoms with Crippen molar-refractivity contribution in [1.82, 2.24) is 5.32 Å². The first-order valence-corrected chi connectivity index (χ1v) is 5.70. The first-order valence-electron chi connectivity index (χ1n) is 4.78. The molecule has 82 valence electrons. The summed E-state index contributed by atoms with van der Waals surface area (Å²) in [5.41, 5.74) is 0. The third-order valence-corrected chi connectivity index (χ3v) is 3.19. The topological polar surface area (TPSA) is 47.6 Å². The zero-order chi connectivity index (χ0) is 10.6. The molecule has 1 N–H and O–H groups in total. The van der Waals surface area contributed by atoms with E-state index in [-0.39, 0.29) is 23.1 Å². The molecule has 0 amide bonds. The van der Waals surface area contributed by atoms with Crippen molar-refractivity contribution in [3.8, 4) is 0 Å². The van der Waals surface area contributed by atoms with Crippen LogP contribution in [-0.4, -0.2) is 36.8 Å². The Morgan fingerprint density at radius 2 is 2.29 bits per heavy atom. The second-order valence-corrected chi connectivity index (χ2v) is 4.40. The third kappa shape index (κ3) is 2.93. The van der Waals surface area contributed by atoms with E-state index in [0.29, 0.717) is 6.61 Å². The van der Waals surface area contributed by atoms with Crippen molar-refractivity contribution in [2.45, 2.75) is 36.9 Å². The Kier molecular flexibility index (Phi) is 4.84. The van der Waals surface area contributed by atoms with E-state index in [1.54, 1.807) is 7.11 Å². The lowest BCUT2D eigenvalue weighted by Gasteiger charge is -2.32. The van der Waals surface area contributed by atoms with Crippen LogP contribution in [0.15, 0.2) is 0 Å². The Morgan fingerprint density at radius 1 is 1.57 bits per heavy atom. The van der Waals surface area contributed by atoms with Gasteiger partial charge in [-0.2, -0.15) is 0 Å². The number of alkyl halides is 1. The summed E-state index contributed by atoms with van der Waals surface area (Å²) in [5.74, 6) is -0.186. The molecule has 1 aliphatic heterocycles.